The summed E-state index contributed by atoms with van der Waals surface area (Å²) in [4.78, 5) is 27.7. The Morgan fingerprint density at radius 2 is 1.84 bits per heavy atom. The standard InChI is InChI=1S/C26H24Cl2N6O3/c27-18-7-8-19(21(28)15-18)20-11-14-33(24(20)26(35)31-16-17-5-2-1-3-6-17)13-4-12-30-23-10-9-22(34(36)37)25(29)32-23/h1-3,5-11,14-15H,4,12-13,16H2,(H,31,35)(H3,29,30,32). The van der Waals surface area contributed by atoms with E-state index in [1.54, 1.807) is 18.2 Å². The Bertz CT molecular complexity index is 1430. The lowest BCUT2D eigenvalue weighted by atomic mass is 10.1. The smallest absolute Gasteiger partial charge is 0.311 e. The summed E-state index contributed by atoms with van der Waals surface area (Å²) in [6, 6.07) is 19.5. The van der Waals surface area contributed by atoms with Gasteiger partial charge in [-0.05, 0) is 36.2 Å². The molecule has 2 aromatic carbocycles. The molecule has 0 radical (unpaired) electrons. The lowest BCUT2D eigenvalue weighted by Crippen LogP contribution is -2.26. The van der Waals surface area contributed by atoms with E-state index >= 15 is 0 Å². The number of aromatic nitrogens is 2. The van der Waals surface area contributed by atoms with E-state index < -0.39 is 4.92 Å². The number of hydrogen-bond acceptors (Lipinski definition) is 6. The second kappa shape index (κ2) is 11.8. The third-order valence-corrected chi connectivity index (χ3v) is 6.22. The number of benzene rings is 2. The van der Waals surface area contributed by atoms with Crippen LogP contribution >= 0.6 is 23.2 Å². The number of rotatable bonds is 10. The number of halogens is 2. The van der Waals surface area contributed by atoms with Gasteiger partial charge in [-0.15, -0.1) is 0 Å². The molecule has 4 N–H and O–H groups in total. The van der Waals surface area contributed by atoms with Crippen LogP contribution in [0.25, 0.3) is 11.1 Å². The van der Waals surface area contributed by atoms with E-state index in [9.17, 15) is 14.9 Å². The quantitative estimate of drug-likeness (QED) is 0.133. The van der Waals surface area contributed by atoms with Crippen molar-refractivity contribution >= 4 is 46.4 Å². The molecule has 9 nitrogen and oxygen atoms in total. The van der Waals surface area contributed by atoms with Crippen LogP contribution < -0.4 is 16.4 Å². The molecular weight excluding hydrogens is 515 g/mol. The Labute approximate surface area is 223 Å². The highest BCUT2D eigenvalue weighted by Crippen LogP contribution is 2.33. The first-order valence-corrected chi connectivity index (χ1v) is 12.2. The predicted molar refractivity (Wildman–Crippen MR) is 146 cm³/mol. The lowest BCUT2D eigenvalue weighted by molar-refractivity contribution is -0.384. The first kappa shape index (κ1) is 26.0. The van der Waals surface area contributed by atoms with Gasteiger partial charge in [-0.2, -0.15) is 0 Å². The fourth-order valence-electron chi connectivity index (χ4n) is 3.89. The van der Waals surface area contributed by atoms with Crippen LogP contribution in [-0.4, -0.2) is 26.9 Å². The van der Waals surface area contributed by atoms with Gasteiger partial charge in [0.2, 0.25) is 5.82 Å². The van der Waals surface area contributed by atoms with Crippen LogP contribution in [0.3, 0.4) is 0 Å². The van der Waals surface area contributed by atoms with Crippen molar-refractivity contribution in [3.63, 3.8) is 0 Å². The normalized spacial score (nSPS) is 10.8. The van der Waals surface area contributed by atoms with E-state index in [1.165, 1.54) is 12.1 Å². The van der Waals surface area contributed by atoms with Gasteiger partial charge in [0.1, 0.15) is 11.5 Å². The number of nitrogens with two attached hydrogens (primary N) is 1. The number of carbonyl (C=O) groups excluding carboxylic acids is 1. The summed E-state index contributed by atoms with van der Waals surface area (Å²) < 4.78 is 1.87. The Balaban J connectivity index is 1.50. The van der Waals surface area contributed by atoms with Gasteiger partial charge >= 0.3 is 5.69 Å². The first-order chi connectivity index (χ1) is 17.8. The van der Waals surface area contributed by atoms with Gasteiger partial charge in [0.25, 0.3) is 5.91 Å². The number of nitrogens with one attached hydrogen (secondary N) is 2. The zero-order valence-corrected chi connectivity index (χ0v) is 21.2. The number of nitro groups is 1. The SMILES string of the molecule is Nc1nc(NCCCn2ccc(-c3ccc(Cl)cc3Cl)c2C(=O)NCc2ccccc2)ccc1[N+](=O)[O-]. The number of nitrogen functional groups attached to an aromatic ring is 1. The Morgan fingerprint density at radius 1 is 1.05 bits per heavy atom. The molecule has 0 aliphatic heterocycles. The average Bonchev–Trinajstić information content (AvgIpc) is 3.29. The fraction of sp³-hybridized carbons (Fsp3) is 0.154. The maximum Gasteiger partial charge on any atom is 0.311 e. The van der Waals surface area contributed by atoms with Gasteiger partial charge in [0, 0.05) is 53.1 Å². The minimum absolute atomic E-state index is 0.151. The van der Waals surface area contributed by atoms with Gasteiger partial charge < -0.3 is 20.9 Å². The van der Waals surface area contributed by atoms with E-state index in [1.807, 2.05) is 47.2 Å². The molecule has 1 amide bonds. The summed E-state index contributed by atoms with van der Waals surface area (Å²) in [6.45, 7) is 1.41. The van der Waals surface area contributed by atoms with Crippen LogP contribution in [-0.2, 0) is 13.1 Å². The highest BCUT2D eigenvalue weighted by atomic mass is 35.5. The second-order valence-electron chi connectivity index (χ2n) is 8.20. The minimum atomic E-state index is -0.576. The zero-order valence-electron chi connectivity index (χ0n) is 19.7. The second-order valence-corrected chi connectivity index (χ2v) is 9.05. The van der Waals surface area contributed by atoms with Crippen LogP contribution in [0.15, 0.2) is 72.9 Å². The van der Waals surface area contributed by atoms with Gasteiger partial charge in [-0.25, -0.2) is 4.98 Å². The van der Waals surface area contributed by atoms with E-state index in [2.05, 4.69) is 15.6 Å². The van der Waals surface area contributed by atoms with Gasteiger partial charge in [0.05, 0.1) is 4.92 Å². The molecular formula is C26H24Cl2N6O3. The van der Waals surface area contributed by atoms with Crippen molar-refractivity contribution in [3.05, 3.63) is 104 Å². The molecule has 190 valence electrons. The van der Waals surface area contributed by atoms with Crippen molar-refractivity contribution in [1.29, 1.82) is 0 Å². The van der Waals surface area contributed by atoms with Crippen LogP contribution in [0.4, 0.5) is 17.3 Å². The molecule has 0 aliphatic carbocycles. The van der Waals surface area contributed by atoms with Crippen molar-refractivity contribution in [1.82, 2.24) is 14.9 Å². The van der Waals surface area contributed by atoms with Gasteiger partial charge in [-0.1, -0.05) is 59.6 Å². The Morgan fingerprint density at radius 3 is 2.54 bits per heavy atom. The monoisotopic (exact) mass is 538 g/mol. The van der Waals surface area contributed by atoms with Crippen molar-refractivity contribution in [2.45, 2.75) is 19.5 Å². The minimum Gasteiger partial charge on any atom is -0.378 e. The average molecular weight is 539 g/mol. The molecule has 0 aliphatic rings. The number of pyridine rings is 1. The number of anilines is 2. The molecule has 11 heteroatoms. The third-order valence-electron chi connectivity index (χ3n) is 5.68. The topological polar surface area (TPSA) is 128 Å². The molecule has 0 fully saturated rings. The zero-order chi connectivity index (χ0) is 26.4. The molecule has 37 heavy (non-hydrogen) atoms. The maximum atomic E-state index is 13.4. The summed E-state index contributed by atoms with van der Waals surface area (Å²) in [5.74, 6) is 0.0555. The molecule has 0 bridgehead atoms. The lowest BCUT2D eigenvalue weighted by Gasteiger charge is -2.14. The Hall–Kier alpha value is -4.08. The number of aryl methyl sites for hydroxylation is 1. The summed E-state index contributed by atoms with van der Waals surface area (Å²) in [7, 11) is 0. The highest BCUT2D eigenvalue weighted by Gasteiger charge is 2.20. The summed E-state index contributed by atoms with van der Waals surface area (Å²) >= 11 is 12.5. The van der Waals surface area contributed by atoms with E-state index in [4.69, 9.17) is 28.9 Å². The molecule has 2 aromatic heterocycles. The number of amides is 1. The summed E-state index contributed by atoms with van der Waals surface area (Å²) in [6.07, 6.45) is 2.49. The molecule has 4 aromatic rings. The van der Waals surface area contributed by atoms with Crippen LogP contribution in [0.5, 0.6) is 0 Å². The van der Waals surface area contributed by atoms with Crippen LogP contribution in [0.2, 0.25) is 10.0 Å². The van der Waals surface area contributed by atoms with Gasteiger partial charge in [-0.3, -0.25) is 14.9 Å². The summed E-state index contributed by atoms with van der Waals surface area (Å²) in [5.41, 5.74) is 8.30. The molecule has 4 rings (SSSR count). The first-order valence-electron chi connectivity index (χ1n) is 11.4. The summed E-state index contributed by atoms with van der Waals surface area (Å²) in [5, 5.41) is 18.0. The van der Waals surface area contributed by atoms with Crippen molar-refractivity contribution in [2.24, 2.45) is 0 Å². The van der Waals surface area contributed by atoms with E-state index in [-0.39, 0.29) is 17.4 Å². The number of nitrogens with zero attached hydrogens (tertiary/aromatic N) is 3. The third kappa shape index (κ3) is 6.38. The van der Waals surface area contributed by atoms with E-state index in [0.717, 1.165) is 5.56 Å². The highest BCUT2D eigenvalue weighted by molar-refractivity contribution is 6.36. The molecule has 0 unspecified atom stereocenters. The van der Waals surface area contributed by atoms with Crippen LogP contribution in [0, 0.1) is 10.1 Å². The number of hydrogen-bond donors (Lipinski definition) is 3. The maximum absolute atomic E-state index is 13.4. The van der Waals surface area contributed by atoms with Crippen molar-refractivity contribution < 1.29 is 9.72 Å². The molecule has 0 saturated carbocycles. The Kier molecular flexibility index (Phi) is 8.27. The van der Waals surface area contributed by atoms with E-state index in [0.29, 0.717) is 58.7 Å². The van der Waals surface area contributed by atoms with Crippen molar-refractivity contribution in [3.8, 4) is 11.1 Å². The molecule has 0 spiro atoms. The predicted octanol–water partition coefficient (Wildman–Crippen LogP) is 5.78. The molecule has 0 saturated heterocycles. The largest absolute Gasteiger partial charge is 0.378 e. The van der Waals surface area contributed by atoms with Crippen molar-refractivity contribution in [2.75, 3.05) is 17.6 Å². The number of carbonyl (C=O) groups is 1. The molecule has 2 heterocycles. The van der Waals surface area contributed by atoms with Crippen LogP contribution in [0.1, 0.15) is 22.5 Å². The van der Waals surface area contributed by atoms with Gasteiger partial charge in [0.15, 0.2) is 0 Å². The fourth-order valence-corrected chi connectivity index (χ4v) is 4.40. The molecule has 0 atom stereocenters.